The maximum atomic E-state index is 12.1. The van der Waals surface area contributed by atoms with Crippen molar-refractivity contribution < 1.29 is 19.4 Å². The van der Waals surface area contributed by atoms with Crippen LogP contribution in [0.4, 0.5) is 0 Å². The summed E-state index contributed by atoms with van der Waals surface area (Å²) in [6.07, 6.45) is 52.7. The molecule has 0 saturated carbocycles. The monoisotopic (exact) mass is 657 g/mol. The Morgan fingerprint density at radius 1 is 0.511 bits per heavy atom. The third kappa shape index (κ3) is 38.4. The summed E-state index contributed by atoms with van der Waals surface area (Å²) >= 11 is 0. The third-order valence-electron chi connectivity index (χ3n) is 8.30. The molecule has 0 aliphatic rings. The van der Waals surface area contributed by atoms with Gasteiger partial charge in [0.1, 0.15) is 6.10 Å². The van der Waals surface area contributed by atoms with E-state index in [4.69, 9.17) is 9.47 Å². The molecule has 0 radical (unpaired) electrons. The highest BCUT2D eigenvalue weighted by atomic mass is 16.6. The van der Waals surface area contributed by atoms with Crippen molar-refractivity contribution >= 4 is 5.97 Å². The van der Waals surface area contributed by atoms with Gasteiger partial charge in [0.05, 0.1) is 13.2 Å². The average molecular weight is 657 g/mol. The first kappa shape index (κ1) is 45.1. The molecule has 0 fully saturated rings. The number of allylic oxidation sites excluding steroid dienone is 10. The predicted molar refractivity (Wildman–Crippen MR) is 205 cm³/mol. The first-order valence-electron chi connectivity index (χ1n) is 19.9. The number of carbonyl (C=O) groups excluding carboxylic acids is 1. The van der Waals surface area contributed by atoms with E-state index >= 15 is 0 Å². The molecule has 0 bridgehead atoms. The van der Waals surface area contributed by atoms with Gasteiger partial charge >= 0.3 is 5.97 Å². The molecule has 0 aliphatic heterocycles. The number of unbranched alkanes of at least 4 members (excludes halogenated alkanes) is 18. The fourth-order valence-electron chi connectivity index (χ4n) is 5.31. The number of hydrogen-bond acceptors (Lipinski definition) is 4. The van der Waals surface area contributed by atoms with Crippen LogP contribution >= 0.6 is 0 Å². The quantitative estimate of drug-likeness (QED) is 0.0414. The molecule has 0 spiro atoms. The molecule has 4 nitrogen and oxygen atoms in total. The molecular weight excluding hydrogens is 580 g/mol. The van der Waals surface area contributed by atoms with Crippen molar-refractivity contribution in [2.75, 3.05) is 19.8 Å². The molecule has 0 aromatic heterocycles. The Labute approximate surface area is 292 Å². The van der Waals surface area contributed by atoms with Crippen molar-refractivity contribution in [1.29, 1.82) is 0 Å². The minimum Gasteiger partial charge on any atom is -0.457 e. The summed E-state index contributed by atoms with van der Waals surface area (Å²) < 4.78 is 11.1. The van der Waals surface area contributed by atoms with Gasteiger partial charge in [0.25, 0.3) is 0 Å². The second-order valence-corrected chi connectivity index (χ2v) is 13.0. The van der Waals surface area contributed by atoms with Gasteiger partial charge in [-0.25, -0.2) is 0 Å². The van der Waals surface area contributed by atoms with Crippen LogP contribution in [0.25, 0.3) is 0 Å². The van der Waals surface area contributed by atoms with Crippen LogP contribution in [0.2, 0.25) is 0 Å². The topological polar surface area (TPSA) is 55.8 Å². The van der Waals surface area contributed by atoms with Crippen LogP contribution < -0.4 is 0 Å². The smallest absolute Gasteiger partial charge is 0.306 e. The molecule has 0 aromatic rings. The standard InChI is InChI=1S/C43H76O4/c1-3-5-7-9-11-13-15-17-18-19-20-21-22-23-24-25-27-29-31-33-35-37-39-46-41-42(40-44)47-43(45)38-36-34-32-30-28-26-16-14-12-10-8-6-4-2/h8,10,14-17,19-20,22-23,42,44H,3-7,9,11-13,18,21,24-41H2,1-2H3/b10-8-,16-14-,17-15-,20-19-,23-22-. The molecule has 1 N–H and O–H groups in total. The average Bonchev–Trinajstić information content (AvgIpc) is 3.08. The first-order chi connectivity index (χ1) is 23.2. The van der Waals surface area contributed by atoms with Gasteiger partial charge in [0.2, 0.25) is 0 Å². The lowest BCUT2D eigenvalue weighted by Gasteiger charge is -2.15. The second-order valence-electron chi connectivity index (χ2n) is 13.0. The summed E-state index contributed by atoms with van der Waals surface area (Å²) in [5.74, 6) is -0.221. The second kappa shape index (κ2) is 40.3. The number of ether oxygens (including phenoxy) is 2. The Balaban J connectivity index is 3.49. The van der Waals surface area contributed by atoms with Crippen molar-refractivity contribution in [3.63, 3.8) is 0 Å². The number of rotatable bonds is 36. The first-order valence-corrected chi connectivity index (χ1v) is 19.9. The minimum atomic E-state index is -0.548. The normalized spacial score (nSPS) is 13.0. The molecule has 0 aromatic carbocycles. The lowest BCUT2D eigenvalue weighted by molar-refractivity contribution is -0.154. The zero-order valence-corrected chi connectivity index (χ0v) is 31.0. The molecule has 0 amide bonds. The fraction of sp³-hybridized carbons (Fsp3) is 0.744. The van der Waals surface area contributed by atoms with Crippen LogP contribution in [-0.2, 0) is 14.3 Å². The van der Waals surface area contributed by atoms with E-state index in [9.17, 15) is 9.90 Å². The van der Waals surface area contributed by atoms with E-state index in [1.54, 1.807) is 0 Å². The van der Waals surface area contributed by atoms with Crippen molar-refractivity contribution in [2.45, 2.75) is 187 Å². The number of aliphatic hydroxyl groups is 1. The summed E-state index contributed by atoms with van der Waals surface area (Å²) in [6.45, 7) is 5.23. The maximum absolute atomic E-state index is 12.1. The summed E-state index contributed by atoms with van der Waals surface area (Å²) in [6, 6.07) is 0. The van der Waals surface area contributed by atoms with Crippen LogP contribution in [0.15, 0.2) is 60.8 Å². The molecule has 0 rings (SSSR count). The van der Waals surface area contributed by atoms with Crippen LogP contribution in [0.5, 0.6) is 0 Å². The molecule has 1 unspecified atom stereocenters. The minimum absolute atomic E-state index is 0.184. The summed E-state index contributed by atoms with van der Waals surface area (Å²) in [4.78, 5) is 12.1. The van der Waals surface area contributed by atoms with Crippen molar-refractivity contribution in [3.05, 3.63) is 60.8 Å². The van der Waals surface area contributed by atoms with Crippen molar-refractivity contribution in [1.82, 2.24) is 0 Å². The van der Waals surface area contributed by atoms with Crippen molar-refractivity contribution in [3.8, 4) is 0 Å². The van der Waals surface area contributed by atoms with Gasteiger partial charge in [-0.3, -0.25) is 4.79 Å². The van der Waals surface area contributed by atoms with E-state index in [1.807, 2.05) is 0 Å². The lowest BCUT2D eigenvalue weighted by Crippen LogP contribution is -2.27. The zero-order valence-electron chi connectivity index (χ0n) is 31.0. The Hall–Kier alpha value is -1.91. The van der Waals surface area contributed by atoms with E-state index in [-0.39, 0.29) is 19.2 Å². The van der Waals surface area contributed by atoms with Crippen molar-refractivity contribution in [2.24, 2.45) is 0 Å². The highest BCUT2D eigenvalue weighted by Gasteiger charge is 2.13. The van der Waals surface area contributed by atoms with E-state index in [2.05, 4.69) is 74.6 Å². The Kier molecular flexibility index (Phi) is 38.6. The molecule has 0 heterocycles. The number of aliphatic hydroxyl groups excluding tert-OH is 1. The predicted octanol–water partition coefficient (Wildman–Crippen LogP) is 12.9. The highest BCUT2D eigenvalue weighted by molar-refractivity contribution is 5.69. The van der Waals surface area contributed by atoms with Gasteiger partial charge in [-0.05, 0) is 77.0 Å². The van der Waals surface area contributed by atoms with Crippen LogP contribution in [0.3, 0.4) is 0 Å². The van der Waals surface area contributed by atoms with E-state index < -0.39 is 6.10 Å². The number of carbonyl (C=O) groups is 1. The van der Waals surface area contributed by atoms with Crippen LogP contribution in [-0.4, -0.2) is 37.0 Å². The van der Waals surface area contributed by atoms with Gasteiger partial charge in [0.15, 0.2) is 0 Å². The summed E-state index contributed by atoms with van der Waals surface area (Å²) in [5.41, 5.74) is 0. The van der Waals surface area contributed by atoms with E-state index in [1.165, 1.54) is 103 Å². The molecule has 1 atom stereocenters. The molecule has 4 heteroatoms. The molecular formula is C43H76O4. The van der Waals surface area contributed by atoms with Gasteiger partial charge in [-0.15, -0.1) is 0 Å². The van der Waals surface area contributed by atoms with Gasteiger partial charge in [-0.2, -0.15) is 0 Å². The lowest BCUT2D eigenvalue weighted by atomic mass is 10.1. The van der Waals surface area contributed by atoms with Crippen LogP contribution in [0, 0.1) is 0 Å². The summed E-state index contributed by atoms with van der Waals surface area (Å²) in [7, 11) is 0. The third-order valence-corrected chi connectivity index (χ3v) is 8.30. The zero-order chi connectivity index (χ0) is 34.1. The van der Waals surface area contributed by atoms with Gasteiger partial charge in [0, 0.05) is 13.0 Å². The Morgan fingerprint density at radius 3 is 1.43 bits per heavy atom. The SMILES string of the molecule is CCC/C=C\C/C=C\CCCCCCCC(=O)OC(CO)COCCCCCCCCC/C=C\C/C=C\C/C=C\CCCCCCC. The molecule has 272 valence electrons. The Morgan fingerprint density at radius 2 is 0.936 bits per heavy atom. The molecule has 0 saturated heterocycles. The van der Waals surface area contributed by atoms with Gasteiger partial charge < -0.3 is 14.6 Å². The summed E-state index contributed by atoms with van der Waals surface area (Å²) in [5, 5.41) is 9.57. The van der Waals surface area contributed by atoms with E-state index in [0.29, 0.717) is 13.0 Å². The largest absolute Gasteiger partial charge is 0.457 e. The van der Waals surface area contributed by atoms with Gasteiger partial charge in [-0.1, -0.05) is 158 Å². The fourth-order valence-corrected chi connectivity index (χ4v) is 5.31. The maximum Gasteiger partial charge on any atom is 0.306 e. The number of hydrogen-bond donors (Lipinski definition) is 1. The molecule has 47 heavy (non-hydrogen) atoms. The highest BCUT2D eigenvalue weighted by Crippen LogP contribution is 2.11. The van der Waals surface area contributed by atoms with E-state index in [0.717, 1.165) is 57.8 Å². The molecule has 0 aliphatic carbocycles. The number of esters is 1. The Bertz CT molecular complexity index is 779. The van der Waals surface area contributed by atoms with Crippen LogP contribution in [0.1, 0.15) is 181 Å².